The van der Waals surface area contributed by atoms with Gasteiger partial charge in [-0.15, -0.1) is 11.3 Å². The summed E-state index contributed by atoms with van der Waals surface area (Å²) in [5.74, 6) is 0.667. The molecule has 0 spiro atoms. The lowest BCUT2D eigenvalue weighted by atomic mass is 9.98. The van der Waals surface area contributed by atoms with Crippen molar-refractivity contribution in [1.29, 1.82) is 0 Å². The molecule has 2 rings (SSSR count). The Balaban J connectivity index is 2.14. The zero-order valence-corrected chi connectivity index (χ0v) is 12.0. The molecule has 0 saturated carbocycles. The Hall–Kier alpha value is -1.12. The minimum Gasteiger partial charge on any atom is -0.384 e. The largest absolute Gasteiger partial charge is 0.384 e. The van der Waals surface area contributed by atoms with E-state index < -0.39 is 6.10 Å². The Kier molecular flexibility index (Phi) is 4.20. The van der Waals surface area contributed by atoms with Crippen LogP contribution in [0, 0.1) is 12.8 Å². The second-order valence-electron chi connectivity index (χ2n) is 5.23. The second-order valence-corrected chi connectivity index (χ2v) is 6.35. The molecule has 1 unspecified atom stereocenters. The minimum atomic E-state index is -0.497. The number of hydrogen-bond acceptors (Lipinski definition) is 2. The van der Waals surface area contributed by atoms with Gasteiger partial charge >= 0.3 is 0 Å². The van der Waals surface area contributed by atoms with Gasteiger partial charge in [-0.25, -0.2) is 0 Å². The van der Waals surface area contributed by atoms with Gasteiger partial charge in [0.25, 0.3) is 0 Å². The molecule has 1 heterocycles. The number of aliphatic hydroxyl groups excluding tert-OH is 1. The Bertz CT molecular complexity index is 496. The predicted molar refractivity (Wildman–Crippen MR) is 78.1 cm³/mol. The van der Waals surface area contributed by atoms with Crippen LogP contribution in [0.25, 0.3) is 0 Å². The number of rotatable bonds is 4. The van der Waals surface area contributed by atoms with Crippen LogP contribution < -0.4 is 0 Å². The molecule has 0 aliphatic rings. The third-order valence-electron chi connectivity index (χ3n) is 3.01. The van der Waals surface area contributed by atoms with Gasteiger partial charge in [0.2, 0.25) is 0 Å². The first-order valence-electron chi connectivity index (χ1n) is 6.38. The fraction of sp³-hybridized carbons (Fsp3) is 0.375. The van der Waals surface area contributed by atoms with Gasteiger partial charge in [-0.3, -0.25) is 0 Å². The van der Waals surface area contributed by atoms with Crippen LogP contribution in [0.2, 0.25) is 0 Å². The van der Waals surface area contributed by atoms with Crippen LogP contribution in [0.4, 0.5) is 0 Å². The summed E-state index contributed by atoms with van der Waals surface area (Å²) in [6.07, 6.45) is 0.594. The fourth-order valence-electron chi connectivity index (χ4n) is 2.11. The summed E-state index contributed by atoms with van der Waals surface area (Å²) in [4.78, 5) is 1.24. The van der Waals surface area contributed by atoms with E-state index in [0.717, 1.165) is 17.5 Å². The van der Waals surface area contributed by atoms with Crippen molar-refractivity contribution in [2.24, 2.45) is 5.92 Å². The smallest absolute Gasteiger partial charge is 0.105 e. The standard InChI is InChI=1S/C16H20OS/c1-11(2)8-13-4-6-14(7-5-13)16(17)15-9-12(3)18-10-15/h4-7,9-11,16-17H,8H2,1-3H3. The van der Waals surface area contributed by atoms with Gasteiger partial charge in [-0.1, -0.05) is 38.1 Å². The first-order chi connectivity index (χ1) is 8.56. The SMILES string of the molecule is Cc1cc(C(O)c2ccc(CC(C)C)cc2)cs1. The molecule has 1 nitrogen and oxygen atoms in total. The maximum absolute atomic E-state index is 10.3. The van der Waals surface area contributed by atoms with Crippen LogP contribution in [0.1, 0.15) is 41.5 Å². The van der Waals surface area contributed by atoms with Crippen LogP contribution in [-0.4, -0.2) is 5.11 Å². The average molecular weight is 260 g/mol. The summed E-state index contributed by atoms with van der Waals surface area (Å²) >= 11 is 1.68. The van der Waals surface area contributed by atoms with Crippen molar-refractivity contribution in [3.8, 4) is 0 Å². The van der Waals surface area contributed by atoms with Gasteiger partial charge in [0.1, 0.15) is 6.10 Å². The Morgan fingerprint density at radius 3 is 2.28 bits per heavy atom. The van der Waals surface area contributed by atoms with E-state index in [4.69, 9.17) is 0 Å². The van der Waals surface area contributed by atoms with E-state index in [0.29, 0.717) is 5.92 Å². The van der Waals surface area contributed by atoms with Crippen LogP contribution in [-0.2, 0) is 6.42 Å². The summed E-state index contributed by atoms with van der Waals surface area (Å²) in [5.41, 5.74) is 3.30. The van der Waals surface area contributed by atoms with Crippen LogP contribution in [0.3, 0.4) is 0 Å². The first kappa shape index (κ1) is 13.3. The van der Waals surface area contributed by atoms with Crippen molar-refractivity contribution < 1.29 is 5.11 Å². The molecule has 1 N–H and O–H groups in total. The molecule has 18 heavy (non-hydrogen) atoms. The van der Waals surface area contributed by atoms with Crippen molar-refractivity contribution in [1.82, 2.24) is 0 Å². The third kappa shape index (κ3) is 3.21. The average Bonchev–Trinajstić information content (AvgIpc) is 2.75. The lowest BCUT2D eigenvalue weighted by Crippen LogP contribution is -1.99. The number of hydrogen-bond donors (Lipinski definition) is 1. The summed E-state index contributed by atoms with van der Waals surface area (Å²) in [6.45, 7) is 6.50. The number of aliphatic hydroxyl groups is 1. The molecule has 1 aromatic heterocycles. The highest BCUT2D eigenvalue weighted by atomic mass is 32.1. The molecule has 0 saturated heterocycles. The van der Waals surface area contributed by atoms with Gasteiger partial charge in [-0.2, -0.15) is 0 Å². The van der Waals surface area contributed by atoms with E-state index in [1.807, 2.05) is 17.5 Å². The number of benzene rings is 1. The molecule has 1 atom stereocenters. The van der Waals surface area contributed by atoms with Crippen molar-refractivity contribution in [2.45, 2.75) is 33.3 Å². The molecule has 0 aliphatic heterocycles. The molecule has 0 fully saturated rings. The normalized spacial score (nSPS) is 12.9. The van der Waals surface area contributed by atoms with E-state index >= 15 is 0 Å². The predicted octanol–water partition coefficient (Wildman–Crippen LogP) is 4.34. The quantitative estimate of drug-likeness (QED) is 0.867. The van der Waals surface area contributed by atoms with E-state index in [2.05, 4.69) is 39.0 Å². The maximum Gasteiger partial charge on any atom is 0.105 e. The van der Waals surface area contributed by atoms with Gasteiger partial charge < -0.3 is 5.11 Å². The Morgan fingerprint density at radius 2 is 1.78 bits per heavy atom. The lowest BCUT2D eigenvalue weighted by molar-refractivity contribution is 0.221. The highest BCUT2D eigenvalue weighted by Gasteiger charge is 2.11. The molecule has 0 bridgehead atoms. The van der Waals surface area contributed by atoms with Crippen LogP contribution in [0.5, 0.6) is 0 Å². The Morgan fingerprint density at radius 1 is 1.11 bits per heavy atom. The van der Waals surface area contributed by atoms with E-state index in [9.17, 15) is 5.11 Å². The summed E-state index contributed by atoms with van der Waals surface area (Å²) in [5, 5.41) is 12.3. The summed E-state index contributed by atoms with van der Waals surface area (Å²) in [7, 11) is 0. The molecule has 0 aliphatic carbocycles. The number of aryl methyl sites for hydroxylation is 1. The maximum atomic E-state index is 10.3. The molecular formula is C16H20OS. The zero-order valence-electron chi connectivity index (χ0n) is 11.2. The number of thiophene rings is 1. The van der Waals surface area contributed by atoms with Crippen molar-refractivity contribution >= 4 is 11.3 Å². The van der Waals surface area contributed by atoms with E-state index in [-0.39, 0.29) is 0 Å². The highest BCUT2D eigenvalue weighted by Crippen LogP contribution is 2.26. The molecule has 96 valence electrons. The van der Waals surface area contributed by atoms with Gasteiger partial charge in [-0.05, 0) is 47.4 Å². The van der Waals surface area contributed by atoms with Gasteiger partial charge in [0.05, 0.1) is 0 Å². The molecular weight excluding hydrogens is 240 g/mol. The van der Waals surface area contributed by atoms with Crippen molar-refractivity contribution in [3.63, 3.8) is 0 Å². The van der Waals surface area contributed by atoms with Crippen molar-refractivity contribution in [3.05, 3.63) is 57.3 Å². The first-order valence-corrected chi connectivity index (χ1v) is 7.26. The molecule has 1 aromatic carbocycles. The van der Waals surface area contributed by atoms with Crippen LogP contribution >= 0.6 is 11.3 Å². The molecule has 0 radical (unpaired) electrons. The van der Waals surface area contributed by atoms with Gasteiger partial charge in [0.15, 0.2) is 0 Å². The summed E-state index contributed by atoms with van der Waals surface area (Å²) < 4.78 is 0. The minimum absolute atomic E-state index is 0.497. The second kappa shape index (κ2) is 5.68. The van der Waals surface area contributed by atoms with E-state index in [1.54, 1.807) is 11.3 Å². The van der Waals surface area contributed by atoms with Crippen LogP contribution in [0.15, 0.2) is 35.7 Å². The lowest BCUT2D eigenvalue weighted by Gasteiger charge is -2.11. The fourth-order valence-corrected chi connectivity index (χ4v) is 2.83. The zero-order chi connectivity index (χ0) is 13.1. The monoisotopic (exact) mass is 260 g/mol. The summed E-state index contributed by atoms with van der Waals surface area (Å²) in [6, 6.07) is 10.4. The Labute approximate surface area is 113 Å². The molecule has 2 aromatic rings. The molecule has 0 amide bonds. The highest BCUT2D eigenvalue weighted by molar-refractivity contribution is 7.10. The third-order valence-corrected chi connectivity index (χ3v) is 3.89. The topological polar surface area (TPSA) is 20.2 Å². The molecule has 2 heteroatoms. The van der Waals surface area contributed by atoms with Gasteiger partial charge in [0, 0.05) is 4.88 Å². The van der Waals surface area contributed by atoms with E-state index in [1.165, 1.54) is 10.4 Å². The van der Waals surface area contributed by atoms with Crippen molar-refractivity contribution in [2.75, 3.05) is 0 Å².